The lowest BCUT2D eigenvalue weighted by Crippen LogP contribution is -2.30. The van der Waals surface area contributed by atoms with E-state index in [0.717, 1.165) is 0 Å². The minimum atomic E-state index is -3.49. The van der Waals surface area contributed by atoms with Crippen LogP contribution in [0.4, 0.5) is 0 Å². The van der Waals surface area contributed by atoms with Crippen molar-refractivity contribution in [3.05, 3.63) is 29.8 Å². The van der Waals surface area contributed by atoms with Crippen molar-refractivity contribution in [1.82, 2.24) is 9.79 Å². The standard InChI is InChI=1S/C12H18N2O4S/c1-4-14(5-2)19(16,17)11-8-6-10(7-9-11)12(15)13-18-3/h6-9H,4-5H2,1-3H3,(H,13,15). The molecule has 0 radical (unpaired) electrons. The van der Waals surface area contributed by atoms with E-state index in [-0.39, 0.29) is 4.90 Å². The molecule has 0 aromatic heterocycles. The van der Waals surface area contributed by atoms with Gasteiger partial charge in [0.25, 0.3) is 5.91 Å². The minimum Gasteiger partial charge on any atom is -0.277 e. The highest BCUT2D eigenvalue weighted by atomic mass is 32.2. The molecule has 0 aliphatic rings. The van der Waals surface area contributed by atoms with Crippen LogP contribution in [0, 0.1) is 0 Å². The fraction of sp³-hybridized carbons (Fsp3) is 0.417. The maximum atomic E-state index is 12.2. The Morgan fingerprint density at radius 2 is 1.74 bits per heavy atom. The van der Waals surface area contributed by atoms with E-state index < -0.39 is 15.9 Å². The molecular weight excluding hydrogens is 268 g/mol. The largest absolute Gasteiger partial charge is 0.277 e. The molecule has 0 aliphatic heterocycles. The highest BCUT2D eigenvalue weighted by molar-refractivity contribution is 7.89. The predicted molar refractivity (Wildman–Crippen MR) is 71.0 cm³/mol. The molecule has 7 heteroatoms. The summed E-state index contributed by atoms with van der Waals surface area (Å²) in [5, 5.41) is 0. The van der Waals surface area contributed by atoms with Gasteiger partial charge in [0.1, 0.15) is 0 Å². The summed E-state index contributed by atoms with van der Waals surface area (Å²) in [6, 6.07) is 5.73. The highest BCUT2D eigenvalue weighted by Gasteiger charge is 2.21. The summed E-state index contributed by atoms with van der Waals surface area (Å²) in [4.78, 5) is 16.1. The summed E-state index contributed by atoms with van der Waals surface area (Å²) in [7, 11) is -2.16. The second-order valence-corrected chi connectivity index (χ2v) is 5.69. The van der Waals surface area contributed by atoms with Crippen molar-refractivity contribution in [2.45, 2.75) is 18.7 Å². The summed E-state index contributed by atoms with van der Waals surface area (Å²) in [6.45, 7) is 4.37. The Hall–Kier alpha value is -1.44. The zero-order valence-electron chi connectivity index (χ0n) is 11.2. The van der Waals surface area contributed by atoms with Crippen molar-refractivity contribution in [2.24, 2.45) is 0 Å². The number of hydrogen-bond donors (Lipinski definition) is 1. The Labute approximate surface area is 113 Å². The van der Waals surface area contributed by atoms with Crippen LogP contribution in [0.25, 0.3) is 0 Å². The summed E-state index contributed by atoms with van der Waals surface area (Å²) < 4.78 is 25.8. The molecule has 0 saturated carbocycles. The topological polar surface area (TPSA) is 75.7 Å². The predicted octanol–water partition coefficient (Wildman–Crippen LogP) is 1.01. The van der Waals surface area contributed by atoms with E-state index >= 15 is 0 Å². The van der Waals surface area contributed by atoms with Gasteiger partial charge in [-0.3, -0.25) is 9.63 Å². The SMILES string of the molecule is CCN(CC)S(=O)(=O)c1ccc(C(=O)NOC)cc1. The number of benzene rings is 1. The van der Waals surface area contributed by atoms with Gasteiger partial charge in [-0.1, -0.05) is 13.8 Å². The molecule has 0 atom stereocenters. The van der Waals surface area contributed by atoms with Crippen LogP contribution in [0.5, 0.6) is 0 Å². The van der Waals surface area contributed by atoms with E-state index in [9.17, 15) is 13.2 Å². The molecule has 1 amide bonds. The molecule has 0 fully saturated rings. The summed E-state index contributed by atoms with van der Waals surface area (Å²) >= 11 is 0. The molecule has 0 unspecified atom stereocenters. The number of hydroxylamine groups is 1. The lowest BCUT2D eigenvalue weighted by Gasteiger charge is -2.18. The number of carbonyl (C=O) groups is 1. The Balaban J connectivity index is 3.02. The highest BCUT2D eigenvalue weighted by Crippen LogP contribution is 2.16. The number of nitrogens with one attached hydrogen (secondary N) is 1. The van der Waals surface area contributed by atoms with Crippen LogP contribution in [0.2, 0.25) is 0 Å². The van der Waals surface area contributed by atoms with Crippen molar-refractivity contribution in [1.29, 1.82) is 0 Å². The van der Waals surface area contributed by atoms with Gasteiger partial charge < -0.3 is 0 Å². The summed E-state index contributed by atoms with van der Waals surface area (Å²) in [5.74, 6) is -0.422. The summed E-state index contributed by atoms with van der Waals surface area (Å²) in [6.07, 6.45) is 0. The van der Waals surface area contributed by atoms with Crippen LogP contribution in [-0.2, 0) is 14.9 Å². The van der Waals surface area contributed by atoms with Gasteiger partial charge >= 0.3 is 0 Å². The van der Waals surface area contributed by atoms with E-state index in [2.05, 4.69) is 10.3 Å². The Morgan fingerprint density at radius 3 is 2.16 bits per heavy atom. The molecule has 1 aromatic carbocycles. The maximum Gasteiger partial charge on any atom is 0.274 e. The third-order valence-corrected chi connectivity index (χ3v) is 4.72. The van der Waals surface area contributed by atoms with Crippen molar-refractivity contribution < 1.29 is 18.0 Å². The first-order valence-electron chi connectivity index (χ1n) is 5.90. The average Bonchev–Trinajstić information content (AvgIpc) is 2.40. The minimum absolute atomic E-state index is 0.171. The Bertz CT molecular complexity index is 521. The van der Waals surface area contributed by atoms with Crippen molar-refractivity contribution >= 4 is 15.9 Å². The summed E-state index contributed by atoms with van der Waals surface area (Å²) in [5.41, 5.74) is 2.50. The Morgan fingerprint density at radius 1 is 1.21 bits per heavy atom. The van der Waals surface area contributed by atoms with Gasteiger partial charge in [-0.05, 0) is 24.3 Å². The maximum absolute atomic E-state index is 12.2. The van der Waals surface area contributed by atoms with E-state index in [1.807, 2.05) is 0 Å². The monoisotopic (exact) mass is 286 g/mol. The van der Waals surface area contributed by atoms with Crippen LogP contribution < -0.4 is 5.48 Å². The molecule has 0 heterocycles. The van der Waals surface area contributed by atoms with Crippen LogP contribution in [-0.4, -0.2) is 38.8 Å². The number of rotatable bonds is 6. The number of amides is 1. The van der Waals surface area contributed by atoms with Crippen LogP contribution in [0.1, 0.15) is 24.2 Å². The molecule has 0 bridgehead atoms. The van der Waals surface area contributed by atoms with Crippen molar-refractivity contribution in [3.63, 3.8) is 0 Å². The van der Waals surface area contributed by atoms with Gasteiger partial charge in [0.2, 0.25) is 10.0 Å². The van der Waals surface area contributed by atoms with Gasteiger partial charge in [-0.15, -0.1) is 0 Å². The fourth-order valence-electron chi connectivity index (χ4n) is 1.64. The second-order valence-electron chi connectivity index (χ2n) is 3.75. The first-order valence-corrected chi connectivity index (χ1v) is 7.34. The molecule has 0 saturated heterocycles. The quantitative estimate of drug-likeness (QED) is 0.792. The zero-order valence-corrected chi connectivity index (χ0v) is 12.0. The lowest BCUT2D eigenvalue weighted by molar-refractivity contribution is 0.0537. The van der Waals surface area contributed by atoms with Gasteiger partial charge in [-0.25, -0.2) is 13.9 Å². The van der Waals surface area contributed by atoms with Gasteiger partial charge in [0.05, 0.1) is 12.0 Å². The number of hydrogen-bond acceptors (Lipinski definition) is 4. The number of nitrogens with zero attached hydrogens (tertiary/aromatic N) is 1. The molecule has 106 valence electrons. The lowest BCUT2D eigenvalue weighted by atomic mass is 10.2. The van der Waals surface area contributed by atoms with Gasteiger partial charge in [0.15, 0.2) is 0 Å². The van der Waals surface area contributed by atoms with Crippen LogP contribution in [0.3, 0.4) is 0 Å². The molecule has 19 heavy (non-hydrogen) atoms. The third-order valence-electron chi connectivity index (χ3n) is 2.65. The van der Waals surface area contributed by atoms with E-state index in [4.69, 9.17) is 0 Å². The molecular formula is C12H18N2O4S. The Kier molecular flexibility index (Phi) is 5.46. The molecule has 6 nitrogen and oxygen atoms in total. The van der Waals surface area contributed by atoms with Gasteiger partial charge in [-0.2, -0.15) is 4.31 Å². The average molecular weight is 286 g/mol. The molecule has 1 N–H and O–H groups in total. The van der Waals surface area contributed by atoms with Gasteiger partial charge in [0, 0.05) is 18.7 Å². The third kappa shape index (κ3) is 3.52. The van der Waals surface area contributed by atoms with Crippen LogP contribution >= 0.6 is 0 Å². The fourth-order valence-corrected chi connectivity index (χ4v) is 3.10. The first-order chi connectivity index (χ1) is 8.97. The normalized spacial score (nSPS) is 11.6. The first kappa shape index (κ1) is 15.6. The smallest absolute Gasteiger partial charge is 0.274 e. The van der Waals surface area contributed by atoms with E-state index in [1.54, 1.807) is 13.8 Å². The number of carbonyl (C=O) groups excluding carboxylic acids is 1. The number of sulfonamides is 1. The molecule has 0 aliphatic carbocycles. The molecule has 1 aromatic rings. The van der Waals surface area contributed by atoms with E-state index in [1.165, 1.54) is 35.7 Å². The second kappa shape index (κ2) is 6.65. The van der Waals surface area contributed by atoms with Crippen LogP contribution in [0.15, 0.2) is 29.2 Å². The van der Waals surface area contributed by atoms with Crippen molar-refractivity contribution in [3.8, 4) is 0 Å². The van der Waals surface area contributed by atoms with E-state index in [0.29, 0.717) is 18.7 Å². The zero-order chi connectivity index (χ0) is 14.5. The molecule has 0 spiro atoms. The van der Waals surface area contributed by atoms with Crippen molar-refractivity contribution in [2.75, 3.05) is 20.2 Å². The molecule has 1 rings (SSSR count).